The molecule has 0 unspecified atom stereocenters. The van der Waals surface area contributed by atoms with Crippen molar-refractivity contribution < 1.29 is 19.1 Å². The van der Waals surface area contributed by atoms with Crippen LogP contribution in [0.15, 0.2) is 48.5 Å². The van der Waals surface area contributed by atoms with E-state index in [0.29, 0.717) is 30.9 Å². The minimum atomic E-state index is -0.716. The van der Waals surface area contributed by atoms with Crippen molar-refractivity contribution in [2.24, 2.45) is 0 Å². The number of carbonyl (C=O) groups excluding carboxylic acids is 2. The molecule has 6 nitrogen and oxygen atoms in total. The summed E-state index contributed by atoms with van der Waals surface area (Å²) in [6.45, 7) is 7.17. The summed E-state index contributed by atoms with van der Waals surface area (Å²) in [6, 6.07) is 15.4. The van der Waals surface area contributed by atoms with E-state index in [1.807, 2.05) is 30.3 Å². The topological polar surface area (TPSA) is 67.9 Å². The monoisotopic (exact) mass is 410 g/mol. The van der Waals surface area contributed by atoms with Gasteiger partial charge in [0.1, 0.15) is 11.5 Å². The Morgan fingerprint density at radius 3 is 2.50 bits per heavy atom. The number of benzene rings is 2. The van der Waals surface area contributed by atoms with Crippen LogP contribution in [0.2, 0.25) is 0 Å². The molecule has 1 atom stereocenters. The molecule has 0 saturated carbocycles. The molecule has 0 fully saturated rings. The van der Waals surface area contributed by atoms with Crippen LogP contribution in [-0.4, -0.2) is 38.1 Å². The van der Waals surface area contributed by atoms with Crippen molar-refractivity contribution in [1.29, 1.82) is 0 Å². The molecule has 160 valence electrons. The van der Waals surface area contributed by atoms with Crippen molar-refractivity contribution in [3.63, 3.8) is 0 Å². The molecular weight excluding hydrogens is 380 g/mol. The molecule has 2 aromatic rings. The number of nitrogens with one attached hydrogen (secondary N) is 1. The van der Waals surface area contributed by atoms with Gasteiger partial charge in [0.25, 0.3) is 5.91 Å². The number of amides is 2. The first-order chi connectivity index (χ1) is 14.3. The van der Waals surface area contributed by atoms with Crippen molar-refractivity contribution >= 4 is 17.5 Å². The van der Waals surface area contributed by atoms with Crippen LogP contribution in [0.5, 0.6) is 11.5 Å². The molecule has 1 aliphatic rings. The van der Waals surface area contributed by atoms with Crippen LogP contribution >= 0.6 is 0 Å². The van der Waals surface area contributed by atoms with E-state index in [0.717, 1.165) is 5.75 Å². The van der Waals surface area contributed by atoms with Crippen LogP contribution in [0.1, 0.15) is 39.2 Å². The Morgan fingerprint density at radius 2 is 1.83 bits per heavy atom. The predicted octanol–water partition coefficient (Wildman–Crippen LogP) is 3.68. The molecule has 3 rings (SSSR count). The lowest BCUT2D eigenvalue weighted by atomic mass is 9.87. The quantitative estimate of drug-likeness (QED) is 0.738. The molecule has 0 aliphatic carbocycles. The smallest absolute Gasteiger partial charge is 0.262 e. The van der Waals surface area contributed by atoms with E-state index in [2.05, 4.69) is 38.2 Å². The summed E-state index contributed by atoms with van der Waals surface area (Å²) in [7, 11) is 1.56. The highest BCUT2D eigenvalue weighted by Crippen LogP contribution is 2.33. The number of rotatable bonds is 6. The summed E-state index contributed by atoms with van der Waals surface area (Å²) in [4.78, 5) is 26.6. The van der Waals surface area contributed by atoms with E-state index in [9.17, 15) is 9.59 Å². The van der Waals surface area contributed by atoms with Crippen LogP contribution < -0.4 is 19.7 Å². The van der Waals surface area contributed by atoms with Crippen LogP contribution in [0.25, 0.3) is 0 Å². The average molecular weight is 411 g/mol. The minimum absolute atomic E-state index is 0.0497. The van der Waals surface area contributed by atoms with E-state index in [1.165, 1.54) is 5.56 Å². The molecule has 0 bridgehead atoms. The molecule has 0 aromatic heterocycles. The normalized spacial score (nSPS) is 15.7. The second-order valence-corrected chi connectivity index (χ2v) is 8.42. The number of hydrogen-bond donors (Lipinski definition) is 1. The number of hydrogen-bond acceptors (Lipinski definition) is 4. The Labute approximate surface area is 178 Å². The van der Waals surface area contributed by atoms with E-state index < -0.39 is 6.10 Å². The van der Waals surface area contributed by atoms with Gasteiger partial charge in [0.05, 0.1) is 18.8 Å². The van der Waals surface area contributed by atoms with Crippen molar-refractivity contribution in [3.8, 4) is 11.5 Å². The number of anilines is 1. The Hall–Kier alpha value is -3.02. The van der Waals surface area contributed by atoms with E-state index >= 15 is 0 Å². The fourth-order valence-electron chi connectivity index (χ4n) is 3.37. The molecule has 2 amide bonds. The first-order valence-corrected chi connectivity index (χ1v) is 10.3. The third kappa shape index (κ3) is 5.12. The summed E-state index contributed by atoms with van der Waals surface area (Å²) in [5.41, 5.74) is 2.05. The molecule has 0 saturated heterocycles. The van der Waals surface area contributed by atoms with E-state index in [4.69, 9.17) is 9.47 Å². The molecule has 0 radical (unpaired) electrons. The average Bonchev–Trinajstić information content (AvgIpc) is 2.74. The Morgan fingerprint density at radius 1 is 1.13 bits per heavy atom. The van der Waals surface area contributed by atoms with Gasteiger partial charge in [-0.1, -0.05) is 45.0 Å². The van der Waals surface area contributed by atoms with Gasteiger partial charge >= 0.3 is 0 Å². The lowest BCUT2D eigenvalue weighted by molar-refractivity contribution is -0.128. The van der Waals surface area contributed by atoms with Crippen molar-refractivity contribution in [3.05, 3.63) is 54.1 Å². The molecule has 1 heterocycles. The first-order valence-electron chi connectivity index (χ1n) is 10.3. The fourth-order valence-corrected chi connectivity index (χ4v) is 3.37. The van der Waals surface area contributed by atoms with Gasteiger partial charge in [0, 0.05) is 13.5 Å². The number of ether oxygens (including phenoxy) is 2. The molecule has 0 spiro atoms. The highest BCUT2D eigenvalue weighted by molar-refractivity contribution is 5.97. The van der Waals surface area contributed by atoms with E-state index in [-0.39, 0.29) is 23.8 Å². The van der Waals surface area contributed by atoms with Gasteiger partial charge in [-0.2, -0.15) is 0 Å². The fraction of sp³-hybridized carbons (Fsp3) is 0.417. The summed E-state index contributed by atoms with van der Waals surface area (Å²) in [5.74, 6) is 1.04. The van der Waals surface area contributed by atoms with Crippen molar-refractivity contribution in [2.45, 2.75) is 45.1 Å². The second-order valence-electron chi connectivity index (χ2n) is 8.42. The Bertz CT molecular complexity index is 887. The van der Waals surface area contributed by atoms with Crippen LogP contribution in [0.4, 0.5) is 5.69 Å². The van der Waals surface area contributed by atoms with Gasteiger partial charge in [-0.3, -0.25) is 9.59 Å². The molecule has 1 N–H and O–H groups in total. The summed E-state index contributed by atoms with van der Waals surface area (Å²) in [5, 5.41) is 2.59. The standard InChI is InChI=1S/C24H30N2O4/c1-24(2,3)17-11-13-18(14-12-17)29-15-7-10-22(27)26-16-21(23(28)25-4)30-20-9-6-5-8-19(20)26/h5-6,8-9,11-14,21H,7,10,15-16H2,1-4H3,(H,25,28)/t21-/m0/s1. The van der Waals surface area contributed by atoms with Crippen LogP contribution in [-0.2, 0) is 15.0 Å². The maximum absolute atomic E-state index is 12.9. The zero-order valence-electron chi connectivity index (χ0n) is 18.1. The third-order valence-corrected chi connectivity index (χ3v) is 5.14. The maximum atomic E-state index is 12.9. The van der Waals surface area contributed by atoms with Gasteiger partial charge in [-0.15, -0.1) is 0 Å². The lowest BCUT2D eigenvalue weighted by Gasteiger charge is -2.34. The second kappa shape index (κ2) is 9.20. The predicted molar refractivity (Wildman–Crippen MR) is 117 cm³/mol. The van der Waals surface area contributed by atoms with Gasteiger partial charge < -0.3 is 19.7 Å². The Kier molecular flexibility index (Phi) is 6.65. The van der Waals surface area contributed by atoms with Crippen LogP contribution in [0, 0.1) is 0 Å². The zero-order chi connectivity index (χ0) is 21.7. The molecule has 2 aromatic carbocycles. The molecular formula is C24H30N2O4. The summed E-state index contributed by atoms with van der Waals surface area (Å²) in [6.07, 6.45) is 0.199. The zero-order valence-corrected chi connectivity index (χ0v) is 18.1. The number of para-hydroxylation sites is 2. The SMILES string of the molecule is CNC(=O)[C@@H]1CN(C(=O)CCCOc2ccc(C(C)(C)C)cc2)c2ccccc2O1. The van der Waals surface area contributed by atoms with Gasteiger partial charge in [0.2, 0.25) is 5.91 Å². The largest absolute Gasteiger partial charge is 0.494 e. The third-order valence-electron chi connectivity index (χ3n) is 5.14. The minimum Gasteiger partial charge on any atom is -0.494 e. The Balaban J connectivity index is 1.56. The molecule has 1 aliphatic heterocycles. The van der Waals surface area contributed by atoms with Gasteiger partial charge in [-0.25, -0.2) is 0 Å². The van der Waals surface area contributed by atoms with Gasteiger partial charge in [-0.05, 0) is 41.7 Å². The number of carbonyl (C=O) groups is 2. The summed E-state index contributed by atoms with van der Waals surface area (Å²) >= 11 is 0. The van der Waals surface area contributed by atoms with E-state index in [1.54, 1.807) is 18.0 Å². The van der Waals surface area contributed by atoms with Gasteiger partial charge in [0.15, 0.2) is 6.10 Å². The first kappa shape index (κ1) is 21.7. The molecule has 30 heavy (non-hydrogen) atoms. The number of likely N-dealkylation sites (N-methyl/N-ethyl adjacent to an activating group) is 1. The lowest BCUT2D eigenvalue weighted by Crippen LogP contribution is -2.50. The highest BCUT2D eigenvalue weighted by Gasteiger charge is 2.32. The van der Waals surface area contributed by atoms with Crippen LogP contribution in [0.3, 0.4) is 0 Å². The molecule has 6 heteroatoms. The van der Waals surface area contributed by atoms with Crippen molar-refractivity contribution in [1.82, 2.24) is 5.32 Å². The van der Waals surface area contributed by atoms with Crippen molar-refractivity contribution in [2.75, 3.05) is 25.1 Å². The highest BCUT2D eigenvalue weighted by atomic mass is 16.5. The summed E-state index contributed by atoms with van der Waals surface area (Å²) < 4.78 is 11.5. The number of nitrogens with zero attached hydrogens (tertiary/aromatic N) is 1. The number of fused-ring (bicyclic) bond motifs is 1. The maximum Gasteiger partial charge on any atom is 0.262 e.